The molecule has 1 amide bonds. The number of quaternary nitrogens is 1. The summed E-state index contributed by atoms with van der Waals surface area (Å²) in [5.41, 5.74) is 0. The van der Waals surface area contributed by atoms with E-state index in [-0.39, 0.29) is 31.5 Å². The topological polar surface area (TPSA) is 111 Å². The normalized spacial score (nSPS) is 14.0. The van der Waals surface area contributed by atoms with Gasteiger partial charge in [-0.3, -0.25) is 18.6 Å². The first kappa shape index (κ1) is 70.0. The van der Waals surface area contributed by atoms with Gasteiger partial charge in [0.25, 0.3) is 0 Å². The lowest BCUT2D eigenvalue weighted by atomic mass is 10.0. The van der Waals surface area contributed by atoms with E-state index in [1.807, 2.05) is 33.3 Å². The Morgan fingerprint density at radius 1 is 0.500 bits per heavy atom. The van der Waals surface area contributed by atoms with Crippen molar-refractivity contribution in [2.75, 3.05) is 40.9 Å². The lowest BCUT2D eigenvalue weighted by Gasteiger charge is -2.27. The second-order valence-electron chi connectivity index (χ2n) is 21.8. The van der Waals surface area contributed by atoms with Crippen LogP contribution in [0.1, 0.15) is 284 Å². The summed E-state index contributed by atoms with van der Waals surface area (Å²) < 4.78 is 30.7. The van der Waals surface area contributed by atoms with Crippen molar-refractivity contribution in [2.24, 2.45) is 0 Å². The molecular formula is C62H118N2O7P+. The Kier molecular flexibility index (Phi) is 50.9. The molecule has 0 aliphatic rings. The molecule has 72 heavy (non-hydrogen) atoms. The molecule has 0 radical (unpaired) electrons. The van der Waals surface area contributed by atoms with Gasteiger partial charge in [-0.25, -0.2) is 4.57 Å². The molecule has 422 valence electrons. The average molecular weight is 1030 g/mol. The zero-order valence-electron chi connectivity index (χ0n) is 48.2. The second kappa shape index (κ2) is 52.4. The third-order valence-electron chi connectivity index (χ3n) is 13.5. The third kappa shape index (κ3) is 52.8. The highest BCUT2D eigenvalue weighted by atomic mass is 31.2. The number of phosphoric ester groups is 1. The van der Waals surface area contributed by atoms with Crippen molar-refractivity contribution in [2.45, 2.75) is 296 Å². The number of amides is 1. The van der Waals surface area contributed by atoms with Crippen molar-refractivity contribution in [3.63, 3.8) is 0 Å². The molecule has 0 aromatic carbocycles. The predicted octanol–water partition coefficient (Wildman–Crippen LogP) is 18.5. The number of allylic oxidation sites excluding steroid dienone is 7. The molecule has 0 fully saturated rings. The van der Waals surface area contributed by atoms with Crippen LogP contribution in [0.4, 0.5) is 0 Å². The third-order valence-corrected chi connectivity index (χ3v) is 14.5. The van der Waals surface area contributed by atoms with E-state index < -0.39 is 20.0 Å². The second-order valence-corrected chi connectivity index (χ2v) is 23.3. The molecule has 0 spiro atoms. The van der Waals surface area contributed by atoms with Gasteiger partial charge in [0.1, 0.15) is 19.3 Å². The molecule has 3 atom stereocenters. The first-order chi connectivity index (χ1) is 34.9. The lowest BCUT2D eigenvalue weighted by Crippen LogP contribution is -2.47. The molecule has 0 aliphatic carbocycles. The molecule has 0 rings (SSSR count). The fraction of sp³-hybridized carbons (Fsp3) is 0.839. The average Bonchev–Trinajstić information content (AvgIpc) is 3.34. The Hall–Kier alpha value is -2.03. The van der Waals surface area contributed by atoms with Crippen LogP contribution in [0.15, 0.2) is 48.6 Å². The number of esters is 1. The molecule has 0 saturated heterocycles. The molecule has 2 N–H and O–H groups in total. The Morgan fingerprint density at radius 3 is 1.33 bits per heavy atom. The number of nitrogens with zero attached hydrogens (tertiary/aromatic N) is 1. The number of phosphoric acid groups is 1. The van der Waals surface area contributed by atoms with Crippen LogP contribution < -0.4 is 5.32 Å². The van der Waals surface area contributed by atoms with Gasteiger partial charge >= 0.3 is 13.8 Å². The molecule has 0 aliphatic heterocycles. The fourth-order valence-corrected chi connectivity index (χ4v) is 9.53. The summed E-state index contributed by atoms with van der Waals surface area (Å²) in [6, 6.07) is -0.852. The van der Waals surface area contributed by atoms with E-state index in [4.69, 9.17) is 13.8 Å². The lowest BCUT2D eigenvalue weighted by molar-refractivity contribution is -0.870. The summed E-state index contributed by atoms with van der Waals surface area (Å²) >= 11 is 0. The molecule has 0 aromatic rings. The summed E-state index contributed by atoms with van der Waals surface area (Å²) in [6.45, 7) is 6.92. The van der Waals surface area contributed by atoms with Gasteiger partial charge in [-0.15, -0.1) is 0 Å². The van der Waals surface area contributed by atoms with E-state index in [1.54, 1.807) is 0 Å². The molecule has 0 bridgehead atoms. The van der Waals surface area contributed by atoms with Crippen LogP contribution in [0.25, 0.3) is 0 Å². The van der Waals surface area contributed by atoms with Gasteiger partial charge in [-0.05, 0) is 83.1 Å². The van der Waals surface area contributed by atoms with Crippen LogP contribution in [-0.4, -0.2) is 74.3 Å². The zero-order chi connectivity index (χ0) is 52.9. The molecule has 0 saturated carbocycles. The van der Waals surface area contributed by atoms with Crippen molar-refractivity contribution < 1.29 is 37.3 Å². The number of carbonyl (C=O) groups is 2. The van der Waals surface area contributed by atoms with Crippen molar-refractivity contribution in [1.82, 2.24) is 5.32 Å². The van der Waals surface area contributed by atoms with Gasteiger partial charge < -0.3 is 19.4 Å². The summed E-state index contributed by atoms with van der Waals surface area (Å²) in [4.78, 5) is 37.7. The minimum atomic E-state index is -4.45. The highest BCUT2D eigenvalue weighted by Crippen LogP contribution is 2.43. The van der Waals surface area contributed by atoms with Crippen molar-refractivity contribution >= 4 is 19.7 Å². The van der Waals surface area contributed by atoms with Gasteiger partial charge in [0, 0.05) is 12.8 Å². The summed E-state index contributed by atoms with van der Waals surface area (Å²) in [6.07, 6.45) is 63.9. The van der Waals surface area contributed by atoms with E-state index in [9.17, 15) is 19.0 Å². The number of nitrogens with one attached hydrogen (secondary N) is 1. The molecule has 9 nitrogen and oxygen atoms in total. The van der Waals surface area contributed by atoms with Crippen molar-refractivity contribution in [3.8, 4) is 0 Å². The van der Waals surface area contributed by atoms with Crippen LogP contribution in [0, 0.1) is 0 Å². The predicted molar refractivity (Wildman–Crippen MR) is 309 cm³/mol. The highest BCUT2D eigenvalue weighted by Gasteiger charge is 2.30. The number of carbonyl (C=O) groups excluding carboxylic acids is 2. The molecule has 3 unspecified atom stereocenters. The molecule has 0 aromatic heterocycles. The van der Waals surface area contributed by atoms with E-state index in [1.165, 1.54) is 167 Å². The molecular weight excluding hydrogens is 916 g/mol. The maximum absolute atomic E-state index is 13.5. The maximum atomic E-state index is 13.5. The molecule has 0 heterocycles. The van der Waals surface area contributed by atoms with Gasteiger partial charge in [0.05, 0.1) is 33.8 Å². The maximum Gasteiger partial charge on any atom is 0.472 e. The quantitative estimate of drug-likeness (QED) is 0.0205. The van der Waals surface area contributed by atoms with Gasteiger partial charge in [0.2, 0.25) is 5.91 Å². The van der Waals surface area contributed by atoms with Crippen LogP contribution in [0.5, 0.6) is 0 Å². The SMILES string of the molecule is CC/C=C/C/C=C/CCCCCCCCCC(=O)NC(COP(=O)(O)OCC[N+](C)(C)C)C(/C=C/CCCCCCCCCCCCC)OC(=O)CCCCCCCCCCC/C=C/CCCCCCCC. The van der Waals surface area contributed by atoms with Gasteiger partial charge in [0.15, 0.2) is 0 Å². The van der Waals surface area contributed by atoms with Crippen molar-refractivity contribution in [1.29, 1.82) is 0 Å². The number of likely N-dealkylation sites (N-methyl/N-ethyl adjacent to an activating group) is 1. The number of rotatable bonds is 55. The van der Waals surface area contributed by atoms with Crippen molar-refractivity contribution in [3.05, 3.63) is 48.6 Å². The first-order valence-corrected chi connectivity index (χ1v) is 32.0. The van der Waals surface area contributed by atoms with Crippen LogP contribution in [0.2, 0.25) is 0 Å². The van der Waals surface area contributed by atoms with Crippen LogP contribution in [0.3, 0.4) is 0 Å². The van der Waals surface area contributed by atoms with E-state index in [0.717, 1.165) is 83.5 Å². The molecule has 10 heteroatoms. The fourth-order valence-electron chi connectivity index (χ4n) is 8.80. The minimum Gasteiger partial charge on any atom is -0.456 e. The number of unbranched alkanes of at least 4 members (excludes halogenated alkanes) is 33. The number of hydrogen-bond acceptors (Lipinski definition) is 6. The summed E-state index contributed by atoms with van der Waals surface area (Å²) in [5.74, 6) is -0.510. The van der Waals surface area contributed by atoms with E-state index in [0.29, 0.717) is 17.4 Å². The summed E-state index contributed by atoms with van der Waals surface area (Å²) in [5, 5.41) is 3.05. The van der Waals surface area contributed by atoms with E-state index in [2.05, 4.69) is 62.5 Å². The first-order valence-electron chi connectivity index (χ1n) is 30.5. The Bertz CT molecular complexity index is 1380. The Balaban J connectivity index is 5.28. The Morgan fingerprint density at radius 2 is 0.889 bits per heavy atom. The highest BCUT2D eigenvalue weighted by molar-refractivity contribution is 7.47. The summed E-state index contributed by atoms with van der Waals surface area (Å²) in [7, 11) is 1.49. The number of ether oxygens (including phenoxy) is 1. The van der Waals surface area contributed by atoms with Gasteiger partial charge in [-0.1, -0.05) is 237 Å². The minimum absolute atomic E-state index is 0.0385. The van der Waals surface area contributed by atoms with Crippen LogP contribution in [-0.2, 0) is 27.9 Å². The zero-order valence-corrected chi connectivity index (χ0v) is 49.1. The Labute approximate surface area is 446 Å². The smallest absolute Gasteiger partial charge is 0.456 e. The van der Waals surface area contributed by atoms with Crippen LogP contribution >= 0.6 is 7.82 Å². The van der Waals surface area contributed by atoms with E-state index >= 15 is 0 Å². The monoisotopic (exact) mass is 1030 g/mol. The standard InChI is InChI=1S/C62H117N2O7P/c1-7-10-13-16-19-22-25-28-30-31-32-33-34-37-40-43-46-49-52-55-62(66)71-60(53-50-47-44-41-38-35-27-24-21-18-15-12-9-3)59(58-70-72(67,68)69-57-56-64(4,5)6)63-61(65)54-51-48-45-42-39-36-29-26-23-20-17-14-11-8-2/h11,14,20,23,28,30,50,53,59-60H,7-10,12-13,15-19,21-22,24-27,29,31-49,51-52,54-58H2,1-6H3,(H-,63,65,67,68)/p+1/b14-11+,23-20+,30-28+,53-50+. The largest absolute Gasteiger partial charge is 0.472 e. The number of hydrogen-bond donors (Lipinski definition) is 2. The van der Waals surface area contributed by atoms with Gasteiger partial charge in [-0.2, -0.15) is 0 Å².